The molecule has 0 saturated heterocycles. The van der Waals surface area contributed by atoms with Crippen molar-refractivity contribution >= 4 is 17.3 Å². The number of aryl methyl sites for hydroxylation is 1. The second kappa shape index (κ2) is 6.78. The number of nitrogens with two attached hydrogens (primary N) is 1. The van der Waals surface area contributed by atoms with Crippen molar-refractivity contribution in [2.75, 3.05) is 18.5 Å². The van der Waals surface area contributed by atoms with Gasteiger partial charge in [-0.05, 0) is 48.7 Å². The van der Waals surface area contributed by atoms with Crippen molar-refractivity contribution in [3.63, 3.8) is 0 Å². The standard InChI is InChI=1S/C17H21ClN2/c1-13-5-3-4-6-15(13)12-20(2)17-8-7-14(9-10-19)11-16(17)18/h3-8,11H,9-10,12,19H2,1-2H3. The summed E-state index contributed by atoms with van der Waals surface area (Å²) in [5, 5.41) is 0.784. The van der Waals surface area contributed by atoms with Gasteiger partial charge in [-0.2, -0.15) is 0 Å². The van der Waals surface area contributed by atoms with E-state index in [1.165, 1.54) is 16.7 Å². The molecule has 0 spiro atoms. The van der Waals surface area contributed by atoms with E-state index < -0.39 is 0 Å². The van der Waals surface area contributed by atoms with Crippen molar-refractivity contribution in [1.29, 1.82) is 0 Å². The van der Waals surface area contributed by atoms with Crippen LogP contribution in [0.3, 0.4) is 0 Å². The zero-order chi connectivity index (χ0) is 14.5. The molecule has 20 heavy (non-hydrogen) atoms. The number of benzene rings is 2. The number of anilines is 1. The molecule has 0 bridgehead atoms. The molecule has 2 N–H and O–H groups in total. The topological polar surface area (TPSA) is 29.3 Å². The lowest BCUT2D eigenvalue weighted by atomic mass is 10.1. The third-order valence-electron chi connectivity index (χ3n) is 3.53. The quantitative estimate of drug-likeness (QED) is 0.907. The number of halogens is 1. The fourth-order valence-corrected chi connectivity index (χ4v) is 2.66. The van der Waals surface area contributed by atoms with Gasteiger partial charge in [0.15, 0.2) is 0 Å². The molecule has 2 nitrogen and oxygen atoms in total. The molecule has 0 unspecified atom stereocenters. The van der Waals surface area contributed by atoms with Crippen LogP contribution in [-0.4, -0.2) is 13.6 Å². The molecule has 3 heteroatoms. The van der Waals surface area contributed by atoms with Crippen LogP contribution in [-0.2, 0) is 13.0 Å². The maximum absolute atomic E-state index is 6.38. The van der Waals surface area contributed by atoms with Gasteiger partial charge in [-0.3, -0.25) is 0 Å². The molecule has 0 aliphatic carbocycles. The van der Waals surface area contributed by atoms with Gasteiger partial charge in [0.25, 0.3) is 0 Å². The third kappa shape index (κ3) is 3.53. The lowest BCUT2D eigenvalue weighted by Crippen LogP contribution is -2.17. The molecular weight excluding hydrogens is 268 g/mol. The minimum atomic E-state index is 0.648. The fourth-order valence-electron chi connectivity index (χ4n) is 2.31. The average molecular weight is 289 g/mol. The summed E-state index contributed by atoms with van der Waals surface area (Å²) in [6.07, 6.45) is 0.863. The van der Waals surface area contributed by atoms with Gasteiger partial charge >= 0.3 is 0 Å². The molecule has 2 rings (SSSR count). The van der Waals surface area contributed by atoms with Gasteiger partial charge in [0, 0.05) is 13.6 Å². The van der Waals surface area contributed by atoms with Crippen LogP contribution in [0.15, 0.2) is 42.5 Å². The van der Waals surface area contributed by atoms with Crippen LogP contribution in [0.2, 0.25) is 5.02 Å². The predicted molar refractivity (Wildman–Crippen MR) is 87.5 cm³/mol. The molecule has 0 aromatic heterocycles. The minimum absolute atomic E-state index is 0.648. The molecule has 0 fully saturated rings. The van der Waals surface area contributed by atoms with Crippen LogP contribution in [0.5, 0.6) is 0 Å². The van der Waals surface area contributed by atoms with Gasteiger partial charge in [0.1, 0.15) is 0 Å². The highest BCUT2D eigenvalue weighted by atomic mass is 35.5. The van der Waals surface area contributed by atoms with E-state index in [2.05, 4.69) is 55.3 Å². The first-order valence-electron chi connectivity index (χ1n) is 6.86. The van der Waals surface area contributed by atoms with E-state index in [-0.39, 0.29) is 0 Å². The van der Waals surface area contributed by atoms with Crippen molar-refractivity contribution in [1.82, 2.24) is 0 Å². The molecule has 0 amide bonds. The van der Waals surface area contributed by atoms with E-state index in [0.717, 1.165) is 23.7 Å². The lowest BCUT2D eigenvalue weighted by molar-refractivity contribution is 0.911. The predicted octanol–water partition coefficient (Wildman–Crippen LogP) is 3.79. The van der Waals surface area contributed by atoms with E-state index in [1.807, 2.05) is 6.07 Å². The summed E-state index contributed by atoms with van der Waals surface area (Å²) in [5.41, 5.74) is 10.4. The summed E-state index contributed by atoms with van der Waals surface area (Å²) in [6.45, 7) is 3.63. The maximum atomic E-state index is 6.38. The summed E-state index contributed by atoms with van der Waals surface area (Å²) < 4.78 is 0. The highest BCUT2D eigenvalue weighted by molar-refractivity contribution is 6.33. The van der Waals surface area contributed by atoms with Crippen LogP contribution in [0.25, 0.3) is 0 Å². The van der Waals surface area contributed by atoms with Crippen molar-refractivity contribution < 1.29 is 0 Å². The van der Waals surface area contributed by atoms with Gasteiger partial charge in [0.2, 0.25) is 0 Å². The van der Waals surface area contributed by atoms with Gasteiger partial charge in [-0.1, -0.05) is 41.9 Å². The van der Waals surface area contributed by atoms with Gasteiger partial charge < -0.3 is 10.6 Å². The van der Waals surface area contributed by atoms with E-state index in [0.29, 0.717) is 6.54 Å². The first-order valence-corrected chi connectivity index (χ1v) is 7.23. The molecule has 2 aromatic rings. The van der Waals surface area contributed by atoms with Gasteiger partial charge in [-0.15, -0.1) is 0 Å². The Kier molecular flexibility index (Phi) is 5.05. The molecule has 0 radical (unpaired) electrons. The number of hydrogen-bond acceptors (Lipinski definition) is 2. The summed E-state index contributed by atoms with van der Waals surface area (Å²) in [7, 11) is 2.07. The Bertz CT molecular complexity index is 581. The Morgan fingerprint density at radius 1 is 1.15 bits per heavy atom. The monoisotopic (exact) mass is 288 g/mol. The molecule has 0 heterocycles. The molecule has 0 saturated carbocycles. The van der Waals surface area contributed by atoms with Gasteiger partial charge in [0.05, 0.1) is 10.7 Å². The summed E-state index contributed by atoms with van der Waals surface area (Å²) in [6, 6.07) is 14.6. The van der Waals surface area contributed by atoms with Gasteiger partial charge in [-0.25, -0.2) is 0 Å². The second-order valence-corrected chi connectivity index (χ2v) is 5.51. The SMILES string of the molecule is Cc1ccccc1CN(C)c1ccc(CCN)cc1Cl. The highest BCUT2D eigenvalue weighted by Gasteiger charge is 2.08. The maximum Gasteiger partial charge on any atom is 0.0642 e. The smallest absolute Gasteiger partial charge is 0.0642 e. The number of nitrogens with zero attached hydrogens (tertiary/aromatic N) is 1. The highest BCUT2D eigenvalue weighted by Crippen LogP contribution is 2.27. The number of hydrogen-bond donors (Lipinski definition) is 1. The minimum Gasteiger partial charge on any atom is -0.369 e. The summed E-state index contributed by atoms with van der Waals surface area (Å²) in [5.74, 6) is 0. The second-order valence-electron chi connectivity index (χ2n) is 5.11. The Hall–Kier alpha value is -1.51. The normalized spacial score (nSPS) is 10.6. The van der Waals surface area contributed by atoms with Crippen molar-refractivity contribution in [3.05, 3.63) is 64.2 Å². The van der Waals surface area contributed by atoms with Crippen LogP contribution < -0.4 is 10.6 Å². The number of rotatable bonds is 5. The Labute approximate surface area is 126 Å². The van der Waals surface area contributed by atoms with E-state index in [9.17, 15) is 0 Å². The Morgan fingerprint density at radius 2 is 1.90 bits per heavy atom. The van der Waals surface area contributed by atoms with Crippen molar-refractivity contribution in [3.8, 4) is 0 Å². The molecule has 0 aliphatic heterocycles. The van der Waals surface area contributed by atoms with Crippen LogP contribution in [0.1, 0.15) is 16.7 Å². The van der Waals surface area contributed by atoms with Crippen LogP contribution >= 0.6 is 11.6 Å². The molecule has 0 aliphatic rings. The Morgan fingerprint density at radius 3 is 2.55 bits per heavy atom. The average Bonchev–Trinajstić information content (AvgIpc) is 2.42. The molecule has 2 aromatic carbocycles. The Balaban J connectivity index is 2.17. The molecule has 106 valence electrons. The zero-order valence-corrected chi connectivity index (χ0v) is 12.8. The van der Waals surface area contributed by atoms with Crippen molar-refractivity contribution in [2.24, 2.45) is 5.73 Å². The molecular formula is C17H21ClN2. The fraction of sp³-hybridized carbons (Fsp3) is 0.294. The first kappa shape index (κ1) is 14.9. The molecule has 0 atom stereocenters. The van der Waals surface area contributed by atoms with Crippen LogP contribution in [0.4, 0.5) is 5.69 Å². The largest absolute Gasteiger partial charge is 0.369 e. The first-order chi connectivity index (χ1) is 9.61. The van der Waals surface area contributed by atoms with E-state index in [1.54, 1.807) is 0 Å². The van der Waals surface area contributed by atoms with Crippen LogP contribution in [0, 0.1) is 6.92 Å². The van der Waals surface area contributed by atoms with Crippen molar-refractivity contribution in [2.45, 2.75) is 19.9 Å². The summed E-state index contributed by atoms with van der Waals surface area (Å²) in [4.78, 5) is 2.18. The zero-order valence-electron chi connectivity index (χ0n) is 12.1. The van der Waals surface area contributed by atoms with E-state index in [4.69, 9.17) is 17.3 Å². The third-order valence-corrected chi connectivity index (χ3v) is 3.83. The lowest BCUT2D eigenvalue weighted by Gasteiger charge is -2.22. The summed E-state index contributed by atoms with van der Waals surface area (Å²) >= 11 is 6.38. The van der Waals surface area contributed by atoms with E-state index >= 15 is 0 Å².